The Bertz CT molecular complexity index is 330. The second-order valence-corrected chi connectivity index (χ2v) is 5.77. The number of hydrogen-bond acceptors (Lipinski definition) is 5. The van der Waals surface area contributed by atoms with E-state index in [9.17, 15) is 4.79 Å². The molecule has 0 aliphatic carbocycles. The summed E-state index contributed by atoms with van der Waals surface area (Å²) in [7, 11) is 1.74. The molecule has 0 atom stereocenters. The van der Waals surface area contributed by atoms with Crippen LogP contribution in [0.15, 0.2) is 0 Å². The molecule has 1 spiro atoms. The lowest BCUT2D eigenvalue weighted by atomic mass is 9.85. The molecule has 0 N–H and O–H groups in total. The fourth-order valence-corrected chi connectivity index (χ4v) is 3.23. The lowest BCUT2D eigenvalue weighted by molar-refractivity contribution is -0.143. The maximum atomic E-state index is 12.0. The molecule has 1 amide bonds. The van der Waals surface area contributed by atoms with Gasteiger partial charge < -0.3 is 19.1 Å². The van der Waals surface area contributed by atoms with Crippen molar-refractivity contribution in [2.75, 3.05) is 66.3 Å². The highest BCUT2D eigenvalue weighted by molar-refractivity contribution is 5.77. The summed E-state index contributed by atoms with van der Waals surface area (Å²) in [6.07, 6.45) is 1.93. The van der Waals surface area contributed by atoms with Crippen LogP contribution in [0.1, 0.15) is 19.8 Å². The summed E-state index contributed by atoms with van der Waals surface area (Å²) < 4.78 is 16.2. The first kappa shape index (κ1) is 16.7. The number of likely N-dealkylation sites (tertiary alicyclic amines) is 1. The van der Waals surface area contributed by atoms with Crippen LogP contribution in [0.25, 0.3) is 0 Å². The number of morpholine rings is 1. The molecule has 0 radical (unpaired) electrons. The summed E-state index contributed by atoms with van der Waals surface area (Å²) in [6.45, 7) is 8.47. The molecule has 2 aliphatic rings. The van der Waals surface area contributed by atoms with Crippen LogP contribution in [0.5, 0.6) is 0 Å². The maximum Gasteiger partial charge on any atom is 0.248 e. The van der Waals surface area contributed by atoms with Crippen LogP contribution in [-0.4, -0.2) is 87.6 Å². The maximum absolute atomic E-state index is 12.0. The lowest BCUT2D eigenvalue weighted by Crippen LogP contribution is -2.62. The van der Waals surface area contributed by atoms with Crippen molar-refractivity contribution < 1.29 is 19.0 Å². The smallest absolute Gasteiger partial charge is 0.248 e. The molecular formula is C15H28N2O4. The fraction of sp³-hybridized carbons (Fsp3) is 0.933. The van der Waals surface area contributed by atoms with Gasteiger partial charge in [0.15, 0.2) is 0 Å². The van der Waals surface area contributed by atoms with E-state index in [4.69, 9.17) is 14.2 Å². The molecule has 122 valence electrons. The van der Waals surface area contributed by atoms with Gasteiger partial charge in [-0.25, -0.2) is 0 Å². The minimum atomic E-state index is 0.0825. The van der Waals surface area contributed by atoms with Gasteiger partial charge in [0.05, 0.1) is 19.8 Å². The zero-order valence-corrected chi connectivity index (χ0v) is 13.3. The first-order valence-electron chi connectivity index (χ1n) is 7.89. The summed E-state index contributed by atoms with van der Waals surface area (Å²) in [5.74, 6) is 0.104. The molecule has 2 aliphatic heterocycles. The quantitative estimate of drug-likeness (QED) is 0.709. The van der Waals surface area contributed by atoms with Crippen molar-refractivity contribution in [1.29, 1.82) is 0 Å². The van der Waals surface area contributed by atoms with Crippen molar-refractivity contribution in [2.45, 2.75) is 25.3 Å². The average Bonchev–Trinajstić information content (AvgIpc) is 2.52. The Kier molecular flexibility index (Phi) is 6.41. The third kappa shape index (κ3) is 4.16. The van der Waals surface area contributed by atoms with Crippen molar-refractivity contribution in [1.82, 2.24) is 9.80 Å². The van der Waals surface area contributed by atoms with E-state index >= 15 is 0 Å². The lowest BCUT2D eigenvalue weighted by Gasteiger charge is -2.51. The van der Waals surface area contributed by atoms with Crippen LogP contribution >= 0.6 is 0 Å². The molecular weight excluding hydrogens is 272 g/mol. The highest BCUT2D eigenvalue weighted by atomic mass is 16.5. The molecule has 2 saturated heterocycles. The molecule has 0 bridgehead atoms. The Morgan fingerprint density at radius 3 is 2.71 bits per heavy atom. The topological polar surface area (TPSA) is 51.2 Å². The molecule has 0 aromatic rings. The Morgan fingerprint density at radius 1 is 1.29 bits per heavy atom. The average molecular weight is 300 g/mol. The Hall–Kier alpha value is -0.690. The van der Waals surface area contributed by atoms with Gasteiger partial charge in [-0.2, -0.15) is 0 Å². The first-order valence-corrected chi connectivity index (χ1v) is 7.89. The minimum absolute atomic E-state index is 0.0825. The summed E-state index contributed by atoms with van der Waals surface area (Å²) in [4.78, 5) is 16.4. The summed E-state index contributed by atoms with van der Waals surface area (Å²) in [5.41, 5.74) is 0.0825. The van der Waals surface area contributed by atoms with Crippen molar-refractivity contribution in [3.63, 3.8) is 0 Å². The number of methoxy groups -OCH3 is 1. The van der Waals surface area contributed by atoms with Gasteiger partial charge in [-0.15, -0.1) is 0 Å². The van der Waals surface area contributed by atoms with E-state index in [0.29, 0.717) is 6.61 Å². The molecule has 2 heterocycles. The molecule has 6 heteroatoms. The summed E-state index contributed by atoms with van der Waals surface area (Å²) in [6, 6.07) is 0. The molecule has 21 heavy (non-hydrogen) atoms. The summed E-state index contributed by atoms with van der Waals surface area (Å²) in [5, 5.41) is 0. The van der Waals surface area contributed by atoms with Crippen LogP contribution in [0.3, 0.4) is 0 Å². The number of rotatable bonds is 6. The standard InChI is InChI=1S/C15H28N2O4/c1-3-20-12-14(18)16-6-4-15(5-7-16)13-21-11-9-17(15)8-10-19-2/h3-13H2,1-2H3. The van der Waals surface area contributed by atoms with Crippen LogP contribution < -0.4 is 0 Å². The molecule has 0 aromatic heterocycles. The molecule has 2 rings (SSSR count). The minimum Gasteiger partial charge on any atom is -0.383 e. The second-order valence-electron chi connectivity index (χ2n) is 5.77. The Morgan fingerprint density at radius 2 is 2.05 bits per heavy atom. The van der Waals surface area contributed by atoms with Crippen LogP contribution in [0.2, 0.25) is 0 Å². The van der Waals surface area contributed by atoms with Gasteiger partial charge in [0.1, 0.15) is 6.61 Å². The van der Waals surface area contributed by atoms with Crippen molar-refractivity contribution >= 4 is 5.91 Å². The number of nitrogens with zero attached hydrogens (tertiary/aromatic N) is 2. The van der Waals surface area contributed by atoms with E-state index in [1.807, 2.05) is 11.8 Å². The van der Waals surface area contributed by atoms with Crippen molar-refractivity contribution in [3.8, 4) is 0 Å². The molecule has 6 nitrogen and oxygen atoms in total. The zero-order valence-electron chi connectivity index (χ0n) is 13.3. The number of hydrogen-bond donors (Lipinski definition) is 0. The third-order valence-electron chi connectivity index (χ3n) is 4.59. The van der Waals surface area contributed by atoms with Crippen molar-refractivity contribution in [2.24, 2.45) is 0 Å². The van der Waals surface area contributed by atoms with Crippen LogP contribution in [0.4, 0.5) is 0 Å². The van der Waals surface area contributed by atoms with Crippen molar-refractivity contribution in [3.05, 3.63) is 0 Å². The molecule has 2 fully saturated rings. The second kappa shape index (κ2) is 8.08. The van der Waals surface area contributed by atoms with E-state index in [1.165, 1.54) is 0 Å². The first-order chi connectivity index (χ1) is 10.2. The predicted molar refractivity (Wildman–Crippen MR) is 79.3 cm³/mol. The van der Waals surface area contributed by atoms with E-state index in [-0.39, 0.29) is 18.1 Å². The SMILES string of the molecule is CCOCC(=O)N1CCC2(CC1)COCCN2CCOC. The predicted octanol–water partition coefficient (Wildman–Crippen LogP) is 0.363. The number of ether oxygens (including phenoxy) is 3. The fourth-order valence-electron chi connectivity index (χ4n) is 3.23. The third-order valence-corrected chi connectivity index (χ3v) is 4.59. The van der Waals surface area contributed by atoms with E-state index in [1.54, 1.807) is 7.11 Å². The molecule has 0 aromatic carbocycles. The van der Waals surface area contributed by atoms with E-state index < -0.39 is 0 Å². The van der Waals surface area contributed by atoms with E-state index in [0.717, 1.165) is 58.8 Å². The number of carbonyl (C=O) groups is 1. The van der Waals surface area contributed by atoms with Crippen LogP contribution in [0, 0.1) is 0 Å². The highest BCUT2D eigenvalue weighted by Gasteiger charge is 2.42. The normalized spacial score (nSPS) is 22.7. The van der Waals surface area contributed by atoms with Gasteiger partial charge >= 0.3 is 0 Å². The monoisotopic (exact) mass is 300 g/mol. The molecule has 0 unspecified atom stereocenters. The number of carbonyl (C=O) groups excluding carboxylic acids is 1. The van der Waals surface area contributed by atoms with Gasteiger partial charge in [0.25, 0.3) is 0 Å². The highest BCUT2D eigenvalue weighted by Crippen LogP contribution is 2.31. The van der Waals surface area contributed by atoms with Gasteiger partial charge in [-0.1, -0.05) is 0 Å². The van der Waals surface area contributed by atoms with Gasteiger partial charge in [-0.05, 0) is 19.8 Å². The Labute approximate surface area is 127 Å². The van der Waals surface area contributed by atoms with Crippen LogP contribution in [-0.2, 0) is 19.0 Å². The summed E-state index contributed by atoms with van der Waals surface area (Å²) >= 11 is 0. The largest absolute Gasteiger partial charge is 0.383 e. The van der Waals surface area contributed by atoms with Gasteiger partial charge in [-0.3, -0.25) is 9.69 Å². The van der Waals surface area contributed by atoms with Gasteiger partial charge in [0.2, 0.25) is 5.91 Å². The Balaban J connectivity index is 1.88. The van der Waals surface area contributed by atoms with Gasteiger partial charge in [0, 0.05) is 45.4 Å². The number of piperidine rings is 1. The zero-order chi connectivity index (χ0) is 15.1. The number of amides is 1. The molecule has 0 saturated carbocycles. The van der Waals surface area contributed by atoms with E-state index in [2.05, 4.69) is 4.90 Å².